The van der Waals surface area contributed by atoms with Gasteiger partial charge in [0, 0.05) is 11.6 Å². The Morgan fingerprint density at radius 2 is 1.86 bits per heavy atom. The smallest absolute Gasteiger partial charge is 0.330 e. The zero-order valence-corrected chi connectivity index (χ0v) is 24.4. The first-order chi connectivity index (χ1) is 16.1. The molecule has 0 N–H and O–H groups in total. The summed E-state index contributed by atoms with van der Waals surface area (Å²) in [6, 6.07) is 2.08. The van der Waals surface area contributed by atoms with Crippen LogP contribution in [0.4, 0.5) is 4.39 Å². The zero-order chi connectivity index (χ0) is 26.7. The van der Waals surface area contributed by atoms with E-state index in [1.54, 1.807) is 26.8 Å². The lowest BCUT2D eigenvalue weighted by molar-refractivity contribution is -0.137. The van der Waals surface area contributed by atoms with Gasteiger partial charge in [-0.2, -0.15) is 0 Å². The molecule has 0 atom stereocenters. The second-order valence-corrected chi connectivity index (χ2v) is 11.9. The Balaban J connectivity index is 2.73. The maximum Gasteiger partial charge on any atom is 0.330 e. The van der Waals surface area contributed by atoms with Crippen molar-refractivity contribution in [2.75, 3.05) is 6.61 Å². The number of carbonyl (C=O) groups excluding carboxylic acids is 1. The molecule has 0 heterocycles. The highest BCUT2D eigenvalue weighted by molar-refractivity contribution is 9.10. The summed E-state index contributed by atoms with van der Waals surface area (Å²) in [6.45, 7) is 20.6. The van der Waals surface area contributed by atoms with Gasteiger partial charge in [0.25, 0.3) is 0 Å². The van der Waals surface area contributed by atoms with Crippen LogP contribution in [-0.4, -0.2) is 18.7 Å². The molecule has 192 valence electrons. The summed E-state index contributed by atoms with van der Waals surface area (Å²) in [5, 5.41) is 0. The van der Waals surface area contributed by atoms with Gasteiger partial charge in [0.1, 0.15) is 11.6 Å². The van der Waals surface area contributed by atoms with Crippen LogP contribution < -0.4 is 4.74 Å². The molecule has 1 aliphatic rings. The molecule has 0 aliphatic heterocycles. The van der Waals surface area contributed by atoms with Crippen molar-refractivity contribution in [3.63, 3.8) is 0 Å². The molecule has 0 spiro atoms. The van der Waals surface area contributed by atoms with Crippen molar-refractivity contribution in [1.82, 2.24) is 0 Å². The van der Waals surface area contributed by atoms with E-state index in [9.17, 15) is 4.79 Å². The molecule has 0 fully saturated rings. The van der Waals surface area contributed by atoms with E-state index in [1.807, 2.05) is 13.8 Å². The zero-order valence-electron chi connectivity index (χ0n) is 22.9. The first kappa shape index (κ1) is 29.1. The molecule has 35 heavy (non-hydrogen) atoms. The van der Waals surface area contributed by atoms with Gasteiger partial charge in [-0.05, 0) is 108 Å². The first-order valence-corrected chi connectivity index (χ1v) is 13.0. The molecule has 0 amide bonds. The molecular weight excluding hydrogens is 507 g/mol. The fourth-order valence-corrected chi connectivity index (χ4v) is 5.35. The van der Waals surface area contributed by atoms with Crippen molar-refractivity contribution in [1.29, 1.82) is 0 Å². The Hall–Kier alpha value is -2.14. The number of carbonyl (C=O) groups is 1. The van der Waals surface area contributed by atoms with Crippen LogP contribution >= 0.6 is 15.9 Å². The minimum atomic E-state index is -0.439. The minimum absolute atomic E-state index is 0.0621. The molecule has 1 aromatic carbocycles. The van der Waals surface area contributed by atoms with Crippen LogP contribution in [0.2, 0.25) is 0 Å². The van der Waals surface area contributed by atoms with Crippen LogP contribution in [0.25, 0.3) is 11.1 Å². The van der Waals surface area contributed by atoms with E-state index in [1.165, 1.54) is 23.3 Å². The predicted molar refractivity (Wildman–Crippen MR) is 148 cm³/mol. The van der Waals surface area contributed by atoms with Gasteiger partial charge in [-0.15, -0.1) is 0 Å². The number of allylic oxidation sites excluding steroid dienone is 7. The summed E-state index contributed by atoms with van der Waals surface area (Å²) in [5.41, 5.74) is 5.21. The number of fused-ring (bicyclic) bond motifs is 1. The molecule has 0 radical (unpaired) electrons. The Kier molecular flexibility index (Phi) is 9.38. The van der Waals surface area contributed by atoms with Gasteiger partial charge in [-0.25, -0.2) is 9.18 Å². The highest BCUT2D eigenvalue weighted by Crippen LogP contribution is 2.52. The summed E-state index contributed by atoms with van der Waals surface area (Å²) in [5.74, 6) is -0.175. The number of hydrogen-bond acceptors (Lipinski definition) is 3. The van der Waals surface area contributed by atoms with E-state index in [-0.39, 0.29) is 16.9 Å². The van der Waals surface area contributed by atoms with Crippen molar-refractivity contribution in [3.8, 4) is 5.75 Å². The SMILES string of the molecule is CCOC(=O)/C=C(C)/C=C/C(F)=C(/C)c1cc2c(c(Br)c1OC(C)C)C(C)(C)CC=C2C(C)(C)C. The van der Waals surface area contributed by atoms with Crippen LogP contribution in [0.3, 0.4) is 0 Å². The second-order valence-electron chi connectivity index (χ2n) is 11.1. The summed E-state index contributed by atoms with van der Waals surface area (Å²) in [6.07, 6.45) is 7.49. The van der Waals surface area contributed by atoms with Crippen LogP contribution in [-0.2, 0) is 14.9 Å². The predicted octanol–water partition coefficient (Wildman–Crippen LogP) is 9.11. The average molecular weight is 548 g/mol. The number of hydrogen-bond donors (Lipinski definition) is 0. The number of halogens is 2. The van der Waals surface area contributed by atoms with Crippen molar-refractivity contribution in [2.45, 2.75) is 87.2 Å². The molecule has 0 aromatic heterocycles. The monoisotopic (exact) mass is 546 g/mol. The van der Waals surface area contributed by atoms with Crippen molar-refractivity contribution < 1.29 is 18.7 Å². The van der Waals surface area contributed by atoms with Gasteiger partial charge >= 0.3 is 5.97 Å². The van der Waals surface area contributed by atoms with Gasteiger partial charge in [0.15, 0.2) is 0 Å². The Labute approximate surface area is 219 Å². The third-order valence-corrected chi connectivity index (χ3v) is 6.81. The molecule has 3 nitrogen and oxygen atoms in total. The molecule has 2 rings (SSSR count). The van der Waals surface area contributed by atoms with E-state index in [0.717, 1.165) is 16.5 Å². The van der Waals surface area contributed by atoms with Gasteiger partial charge in [-0.3, -0.25) is 0 Å². The number of benzene rings is 1. The lowest BCUT2D eigenvalue weighted by atomic mass is 9.67. The fourth-order valence-electron chi connectivity index (χ4n) is 4.29. The highest BCUT2D eigenvalue weighted by Gasteiger charge is 2.36. The van der Waals surface area contributed by atoms with E-state index in [4.69, 9.17) is 9.47 Å². The van der Waals surface area contributed by atoms with Gasteiger partial charge < -0.3 is 9.47 Å². The van der Waals surface area contributed by atoms with Crippen molar-refractivity contribution in [3.05, 3.63) is 62.9 Å². The van der Waals surface area contributed by atoms with Crippen molar-refractivity contribution >= 4 is 33.0 Å². The Morgan fingerprint density at radius 3 is 2.40 bits per heavy atom. The van der Waals surface area contributed by atoms with Crippen LogP contribution in [0.5, 0.6) is 5.75 Å². The maximum atomic E-state index is 15.5. The van der Waals surface area contributed by atoms with Crippen LogP contribution in [0.15, 0.2) is 46.2 Å². The van der Waals surface area contributed by atoms with Gasteiger partial charge in [-0.1, -0.05) is 46.8 Å². The molecule has 1 aromatic rings. The van der Waals surface area contributed by atoms with E-state index in [2.05, 4.69) is 62.7 Å². The standard InChI is InChI=1S/C30H40BrFO3/c1-11-34-25(33)16-19(4)12-13-24(32)20(5)21-17-22-23(29(6,7)8)14-15-30(9,10)26(22)27(31)28(21)35-18(2)3/h12-14,16-18H,11,15H2,1-10H3/b13-12+,19-16+,24-20+. The third kappa shape index (κ3) is 6.97. The first-order valence-electron chi connectivity index (χ1n) is 12.2. The van der Waals surface area contributed by atoms with Gasteiger partial charge in [0.2, 0.25) is 0 Å². The van der Waals surface area contributed by atoms with E-state index in [0.29, 0.717) is 29.1 Å². The van der Waals surface area contributed by atoms with E-state index >= 15 is 4.39 Å². The molecule has 0 unspecified atom stereocenters. The average Bonchev–Trinajstić information content (AvgIpc) is 2.71. The summed E-state index contributed by atoms with van der Waals surface area (Å²) >= 11 is 3.86. The van der Waals surface area contributed by atoms with Crippen LogP contribution in [0.1, 0.15) is 92.3 Å². The Morgan fingerprint density at radius 1 is 1.23 bits per heavy atom. The van der Waals surface area contributed by atoms with Crippen LogP contribution in [0, 0.1) is 5.41 Å². The molecule has 0 saturated heterocycles. The van der Waals surface area contributed by atoms with Gasteiger partial charge in [0.05, 0.1) is 17.2 Å². The molecule has 5 heteroatoms. The molecule has 1 aliphatic carbocycles. The fraction of sp³-hybridized carbons (Fsp3) is 0.500. The lowest BCUT2D eigenvalue weighted by Gasteiger charge is -2.38. The topological polar surface area (TPSA) is 35.5 Å². The normalized spacial score (nSPS) is 16.7. The number of rotatable bonds is 7. The third-order valence-electron chi connectivity index (χ3n) is 6.05. The molecule has 0 saturated carbocycles. The quantitative estimate of drug-likeness (QED) is 0.194. The minimum Gasteiger partial charge on any atom is -0.489 e. The highest BCUT2D eigenvalue weighted by atomic mass is 79.9. The maximum absolute atomic E-state index is 15.5. The molecular formula is C30H40BrFO3. The summed E-state index contributed by atoms with van der Waals surface area (Å²) in [7, 11) is 0. The van der Waals surface area contributed by atoms with Crippen molar-refractivity contribution in [2.24, 2.45) is 5.41 Å². The van der Waals surface area contributed by atoms with E-state index < -0.39 is 11.8 Å². The largest absolute Gasteiger partial charge is 0.489 e. The summed E-state index contributed by atoms with van der Waals surface area (Å²) in [4.78, 5) is 11.7. The lowest BCUT2D eigenvalue weighted by Crippen LogP contribution is -2.26. The number of esters is 1. The summed E-state index contributed by atoms with van der Waals surface area (Å²) < 4.78 is 27.5. The molecule has 0 bridgehead atoms. The second kappa shape index (κ2) is 11.3. The Bertz CT molecular complexity index is 1100. The number of ether oxygens (including phenoxy) is 2.